The molecule has 0 aliphatic carbocycles. The molecule has 4 rings (SSSR count). The summed E-state index contributed by atoms with van der Waals surface area (Å²) in [5.41, 5.74) is 3.03. The number of aliphatic imine (C=N–C) groups is 1. The number of anilines is 1. The van der Waals surface area contributed by atoms with E-state index < -0.39 is 0 Å². The number of fused-ring (bicyclic) bond motifs is 3. The number of amidine groups is 1. The summed E-state index contributed by atoms with van der Waals surface area (Å²) in [4.78, 5) is 6.94. The molecule has 1 unspecified atom stereocenters. The van der Waals surface area contributed by atoms with Crippen molar-refractivity contribution >= 4 is 23.1 Å². The third-order valence-corrected chi connectivity index (χ3v) is 4.94. The lowest BCUT2D eigenvalue weighted by molar-refractivity contribution is 0.319. The number of benzene rings is 2. The van der Waals surface area contributed by atoms with Crippen LogP contribution in [0.25, 0.3) is 0 Å². The molecule has 2 aromatic rings. The Kier molecular flexibility index (Phi) is 4.28. The predicted molar refractivity (Wildman–Crippen MR) is 102 cm³/mol. The fraction of sp³-hybridized carbons (Fsp3) is 0.316. The normalized spacial score (nSPS) is 17.8. The minimum absolute atomic E-state index is 0.101. The van der Waals surface area contributed by atoms with Crippen molar-refractivity contribution in [1.29, 1.82) is 0 Å². The first-order chi connectivity index (χ1) is 12.7. The Bertz CT molecular complexity index is 859. The van der Waals surface area contributed by atoms with Crippen molar-refractivity contribution in [2.75, 3.05) is 39.7 Å². The molecule has 0 radical (unpaired) electrons. The second-order valence-corrected chi connectivity index (χ2v) is 6.53. The lowest BCUT2D eigenvalue weighted by atomic mass is 10.0. The van der Waals surface area contributed by atoms with Crippen LogP contribution in [0.4, 0.5) is 5.69 Å². The Balaban J connectivity index is 1.82. The van der Waals surface area contributed by atoms with Crippen LogP contribution in [0.3, 0.4) is 0 Å². The highest BCUT2D eigenvalue weighted by Crippen LogP contribution is 2.43. The van der Waals surface area contributed by atoms with Crippen molar-refractivity contribution in [1.82, 2.24) is 4.90 Å². The quantitative estimate of drug-likeness (QED) is 0.888. The maximum absolute atomic E-state index is 6.20. The lowest BCUT2D eigenvalue weighted by Gasteiger charge is -2.38. The third-order valence-electron chi connectivity index (χ3n) is 4.70. The fourth-order valence-electron chi connectivity index (χ4n) is 3.53. The van der Waals surface area contributed by atoms with Gasteiger partial charge in [0.15, 0.2) is 11.5 Å². The number of methoxy groups -OCH3 is 3. The zero-order valence-corrected chi connectivity index (χ0v) is 15.6. The van der Waals surface area contributed by atoms with Gasteiger partial charge in [-0.25, -0.2) is 0 Å². The number of nitrogens with one attached hydrogen (secondary N) is 1. The standard InChI is InChI=1S/C19H20ClN3O3/c1-24-15-8-11(9-16(25-2)17(15)26-3)18-22-14-10-12(20)4-5-13(14)19-21-6-7-23(18)19/h4-5,8-10,18,22H,6-7H2,1-3H3. The van der Waals surface area contributed by atoms with Gasteiger partial charge in [0.25, 0.3) is 0 Å². The number of halogens is 1. The van der Waals surface area contributed by atoms with Crippen LogP contribution < -0.4 is 19.5 Å². The number of hydrogen-bond donors (Lipinski definition) is 1. The first-order valence-corrected chi connectivity index (χ1v) is 8.71. The average Bonchev–Trinajstić information content (AvgIpc) is 3.15. The van der Waals surface area contributed by atoms with Crippen LogP contribution in [-0.4, -0.2) is 45.2 Å². The summed E-state index contributed by atoms with van der Waals surface area (Å²) >= 11 is 6.20. The molecule has 0 saturated heterocycles. The molecule has 0 aromatic heterocycles. The van der Waals surface area contributed by atoms with Crippen LogP contribution >= 0.6 is 11.6 Å². The molecule has 6 nitrogen and oxygen atoms in total. The highest BCUT2D eigenvalue weighted by molar-refractivity contribution is 6.31. The van der Waals surface area contributed by atoms with Crippen molar-refractivity contribution < 1.29 is 14.2 Å². The van der Waals surface area contributed by atoms with Gasteiger partial charge in [0, 0.05) is 28.4 Å². The monoisotopic (exact) mass is 373 g/mol. The van der Waals surface area contributed by atoms with E-state index in [1.54, 1.807) is 21.3 Å². The smallest absolute Gasteiger partial charge is 0.203 e. The van der Waals surface area contributed by atoms with E-state index >= 15 is 0 Å². The van der Waals surface area contributed by atoms with Crippen molar-refractivity contribution in [2.24, 2.45) is 4.99 Å². The molecule has 2 aliphatic rings. The fourth-order valence-corrected chi connectivity index (χ4v) is 3.70. The van der Waals surface area contributed by atoms with Gasteiger partial charge in [-0.15, -0.1) is 0 Å². The Hall–Kier alpha value is -2.60. The van der Waals surface area contributed by atoms with Crippen LogP contribution in [0.2, 0.25) is 5.02 Å². The molecule has 0 amide bonds. The van der Waals surface area contributed by atoms with Gasteiger partial charge >= 0.3 is 0 Å². The topological polar surface area (TPSA) is 55.3 Å². The molecule has 2 heterocycles. The Morgan fingerprint density at radius 3 is 2.46 bits per heavy atom. The highest BCUT2D eigenvalue weighted by Gasteiger charge is 2.34. The lowest BCUT2D eigenvalue weighted by Crippen LogP contribution is -2.41. The summed E-state index contributed by atoms with van der Waals surface area (Å²) in [6.45, 7) is 1.60. The second-order valence-electron chi connectivity index (χ2n) is 6.09. The number of rotatable bonds is 4. The van der Waals surface area contributed by atoms with E-state index in [1.165, 1.54) is 0 Å². The molecule has 7 heteroatoms. The molecule has 2 aromatic carbocycles. The van der Waals surface area contributed by atoms with Crippen LogP contribution in [0.15, 0.2) is 35.3 Å². The number of nitrogens with zero attached hydrogens (tertiary/aromatic N) is 2. The van der Waals surface area contributed by atoms with E-state index in [2.05, 4.69) is 10.2 Å². The minimum Gasteiger partial charge on any atom is -0.493 e. The van der Waals surface area contributed by atoms with Crippen molar-refractivity contribution in [2.45, 2.75) is 6.17 Å². The Labute approximate surface area is 157 Å². The summed E-state index contributed by atoms with van der Waals surface area (Å²) in [6.07, 6.45) is -0.101. The zero-order chi connectivity index (χ0) is 18.3. The largest absolute Gasteiger partial charge is 0.493 e. The second kappa shape index (κ2) is 6.61. The van der Waals surface area contributed by atoms with Crippen molar-refractivity contribution in [3.63, 3.8) is 0 Å². The van der Waals surface area contributed by atoms with Gasteiger partial charge in [-0.1, -0.05) is 11.6 Å². The van der Waals surface area contributed by atoms with E-state index in [9.17, 15) is 0 Å². The Morgan fingerprint density at radius 1 is 1.08 bits per heavy atom. The van der Waals surface area contributed by atoms with E-state index in [0.717, 1.165) is 35.7 Å². The van der Waals surface area contributed by atoms with E-state index in [1.807, 2.05) is 30.3 Å². The van der Waals surface area contributed by atoms with Crippen LogP contribution in [0.5, 0.6) is 17.2 Å². The van der Waals surface area contributed by atoms with Gasteiger partial charge in [0.2, 0.25) is 5.75 Å². The maximum Gasteiger partial charge on any atom is 0.203 e. The summed E-state index contributed by atoms with van der Waals surface area (Å²) in [5.74, 6) is 2.80. The van der Waals surface area contributed by atoms with Crippen LogP contribution in [-0.2, 0) is 0 Å². The molecule has 0 spiro atoms. The predicted octanol–water partition coefficient (Wildman–Crippen LogP) is 3.55. The zero-order valence-electron chi connectivity index (χ0n) is 14.9. The van der Waals surface area contributed by atoms with E-state index in [-0.39, 0.29) is 6.17 Å². The van der Waals surface area contributed by atoms with Crippen molar-refractivity contribution in [3.05, 3.63) is 46.5 Å². The van der Waals surface area contributed by atoms with Gasteiger partial charge < -0.3 is 24.4 Å². The minimum atomic E-state index is -0.101. The molecule has 26 heavy (non-hydrogen) atoms. The summed E-state index contributed by atoms with van der Waals surface area (Å²) in [6, 6.07) is 9.75. The first-order valence-electron chi connectivity index (χ1n) is 8.33. The summed E-state index contributed by atoms with van der Waals surface area (Å²) < 4.78 is 16.4. The first kappa shape index (κ1) is 16.8. The van der Waals surface area contributed by atoms with Gasteiger partial charge in [-0.2, -0.15) is 0 Å². The SMILES string of the molecule is COc1cc(C2Nc3cc(Cl)ccc3C3=NCCN32)cc(OC)c1OC. The Morgan fingerprint density at radius 2 is 1.81 bits per heavy atom. The van der Waals surface area contributed by atoms with Crippen LogP contribution in [0.1, 0.15) is 17.3 Å². The van der Waals surface area contributed by atoms with E-state index in [0.29, 0.717) is 22.3 Å². The van der Waals surface area contributed by atoms with Gasteiger partial charge in [0.05, 0.1) is 27.9 Å². The van der Waals surface area contributed by atoms with Crippen LogP contribution in [0, 0.1) is 0 Å². The molecule has 0 fully saturated rings. The maximum atomic E-state index is 6.20. The van der Waals surface area contributed by atoms with Gasteiger partial charge in [0.1, 0.15) is 12.0 Å². The third kappa shape index (κ3) is 2.61. The van der Waals surface area contributed by atoms with Crippen molar-refractivity contribution in [3.8, 4) is 17.2 Å². The average molecular weight is 374 g/mol. The summed E-state index contributed by atoms with van der Waals surface area (Å²) in [7, 11) is 4.84. The molecule has 0 bridgehead atoms. The molecule has 2 aliphatic heterocycles. The molecular weight excluding hydrogens is 354 g/mol. The van der Waals surface area contributed by atoms with Gasteiger partial charge in [-0.3, -0.25) is 4.99 Å². The highest BCUT2D eigenvalue weighted by atomic mass is 35.5. The molecule has 1 N–H and O–H groups in total. The van der Waals surface area contributed by atoms with E-state index in [4.69, 9.17) is 30.8 Å². The number of ether oxygens (including phenoxy) is 3. The summed E-state index contributed by atoms with van der Waals surface area (Å²) in [5, 5.41) is 4.26. The number of hydrogen-bond acceptors (Lipinski definition) is 6. The molecule has 1 atom stereocenters. The molecular formula is C19H20ClN3O3. The van der Waals surface area contributed by atoms with Gasteiger partial charge in [-0.05, 0) is 30.3 Å². The molecule has 136 valence electrons. The molecule has 0 saturated carbocycles.